The molecule has 1 amide bonds. The molecule has 3 aliphatic heterocycles. The van der Waals surface area contributed by atoms with Crippen molar-refractivity contribution >= 4 is 11.6 Å². The first-order valence-electron chi connectivity index (χ1n) is 8.70. The summed E-state index contributed by atoms with van der Waals surface area (Å²) in [4.78, 5) is 16.5. The number of amides is 1. The van der Waals surface area contributed by atoms with Crippen molar-refractivity contribution in [3.63, 3.8) is 0 Å². The number of carbonyl (C=O) groups is 1. The molecule has 6 nitrogen and oxygen atoms in total. The molecule has 3 heterocycles. The number of benzene rings is 1. The van der Waals surface area contributed by atoms with Crippen LogP contribution in [-0.2, 0) is 16.1 Å². The van der Waals surface area contributed by atoms with Crippen LogP contribution in [0.25, 0.3) is 0 Å². The Hall–Kier alpha value is -2.87. The van der Waals surface area contributed by atoms with Crippen molar-refractivity contribution in [3.05, 3.63) is 60.0 Å². The Morgan fingerprint density at radius 2 is 1.96 bits per heavy atom. The third-order valence-corrected chi connectivity index (χ3v) is 4.69. The molecule has 1 saturated heterocycles. The number of hydrogen-bond donors (Lipinski definition) is 1. The van der Waals surface area contributed by atoms with E-state index in [-0.39, 0.29) is 18.3 Å². The van der Waals surface area contributed by atoms with Crippen LogP contribution in [0.1, 0.15) is 5.56 Å². The van der Waals surface area contributed by atoms with Crippen LogP contribution < -0.4 is 15.0 Å². The minimum absolute atomic E-state index is 0.0384. The van der Waals surface area contributed by atoms with Gasteiger partial charge in [-0.1, -0.05) is 12.1 Å². The second kappa shape index (κ2) is 7.03. The van der Waals surface area contributed by atoms with Crippen LogP contribution in [0.15, 0.2) is 54.4 Å². The van der Waals surface area contributed by atoms with E-state index < -0.39 is 6.29 Å². The molecule has 8 heteroatoms. The van der Waals surface area contributed by atoms with Crippen LogP contribution in [0.3, 0.4) is 0 Å². The molecule has 0 aliphatic carbocycles. The fraction of sp³-hybridized carbons (Fsp3) is 0.316. The fourth-order valence-electron chi connectivity index (χ4n) is 3.33. The van der Waals surface area contributed by atoms with Gasteiger partial charge in [0, 0.05) is 49.8 Å². The zero-order valence-corrected chi connectivity index (χ0v) is 14.5. The van der Waals surface area contributed by atoms with Gasteiger partial charge in [-0.2, -0.15) is 0 Å². The normalized spacial score (nSPS) is 20.9. The summed E-state index contributed by atoms with van der Waals surface area (Å²) in [6.07, 6.45) is 5.23. The number of nitrogens with zero attached hydrogens (tertiary/aromatic N) is 2. The van der Waals surface area contributed by atoms with E-state index in [1.54, 1.807) is 29.4 Å². The first-order valence-corrected chi connectivity index (χ1v) is 8.70. The molecule has 3 aliphatic rings. The van der Waals surface area contributed by atoms with E-state index in [0.29, 0.717) is 37.3 Å². The second-order valence-electron chi connectivity index (χ2n) is 6.37. The van der Waals surface area contributed by atoms with Crippen molar-refractivity contribution in [2.45, 2.75) is 12.9 Å². The smallest absolute Gasteiger partial charge is 0.409 e. The monoisotopic (exact) mass is 375 g/mol. The summed E-state index contributed by atoms with van der Waals surface area (Å²) in [5.74, 6) is 0.0954. The van der Waals surface area contributed by atoms with E-state index in [1.807, 2.05) is 18.2 Å². The lowest BCUT2D eigenvalue weighted by Gasteiger charge is -2.38. The zero-order chi connectivity index (χ0) is 18.9. The van der Waals surface area contributed by atoms with Crippen molar-refractivity contribution < 1.29 is 23.0 Å². The summed E-state index contributed by atoms with van der Waals surface area (Å²) < 4.78 is 35.7. The maximum atomic E-state index is 13.3. The number of rotatable bonds is 2. The van der Waals surface area contributed by atoms with Gasteiger partial charge in [-0.15, -0.1) is 8.78 Å². The number of hydrogen-bond acceptors (Lipinski definition) is 5. The molecule has 27 heavy (non-hydrogen) atoms. The SMILES string of the molecule is O=C(C1=CNC=CC=C1)N1CCN(c2cccc3c2COC(F)(F)O3)CC1. The van der Waals surface area contributed by atoms with E-state index in [1.165, 1.54) is 6.07 Å². The zero-order valence-electron chi connectivity index (χ0n) is 14.5. The van der Waals surface area contributed by atoms with Gasteiger partial charge in [0.1, 0.15) is 5.75 Å². The highest BCUT2D eigenvalue weighted by Gasteiger charge is 2.40. The molecule has 0 unspecified atom stereocenters. The lowest BCUT2D eigenvalue weighted by atomic mass is 10.1. The third kappa shape index (κ3) is 3.66. The Labute approximate surface area is 155 Å². The summed E-state index contributed by atoms with van der Waals surface area (Å²) in [7, 11) is 0. The standard InChI is InChI=1S/C19H19F2N3O3/c20-19(21)26-13-15-16(5-3-6-17(15)27-19)23-8-10-24(11-9-23)18(25)14-4-1-2-7-22-12-14/h1-7,12,22H,8-11,13H2. The minimum atomic E-state index is -3.60. The number of fused-ring (bicyclic) bond motifs is 1. The lowest BCUT2D eigenvalue weighted by molar-refractivity contribution is -0.367. The second-order valence-corrected chi connectivity index (χ2v) is 6.37. The van der Waals surface area contributed by atoms with Gasteiger partial charge in [0.05, 0.1) is 12.2 Å². The molecule has 0 radical (unpaired) electrons. The van der Waals surface area contributed by atoms with Crippen molar-refractivity contribution in [3.8, 4) is 5.75 Å². The quantitative estimate of drug-likeness (QED) is 0.860. The van der Waals surface area contributed by atoms with Gasteiger partial charge in [0.15, 0.2) is 0 Å². The lowest BCUT2D eigenvalue weighted by Crippen LogP contribution is -2.49. The molecular weight excluding hydrogens is 356 g/mol. The molecule has 1 aromatic carbocycles. The van der Waals surface area contributed by atoms with E-state index in [2.05, 4.69) is 19.7 Å². The molecule has 1 fully saturated rings. The number of alkyl halides is 2. The van der Waals surface area contributed by atoms with E-state index in [9.17, 15) is 13.6 Å². The van der Waals surface area contributed by atoms with Gasteiger partial charge in [-0.25, -0.2) is 0 Å². The number of nitrogens with one attached hydrogen (secondary N) is 1. The van der Waals surface area contributed by atoms with Gasteiger partial charge < -0.3 is 19.9 Å². The van der Waals surface area contributed by atoms with Gasteiger partial charge in [0.2, 0.25) is 0 Å². The largest absolute Gasteiger partial charge is 0.535 e. The summed E-state index contributed by atoms with van der Waals surface area (Å²) in [5, 5.41) is 2.94. The van der Waals surface area contributed by atoms with Crippen LogP contribution in [0.4, 0.5) is 14.5 Å². The Morgan fingerprint density at radius 1 is 1.15 bits per heavy atom. The average molecular weight is 375 g/mol. The maximum Gasteiger partial charge on any atom is 0.535 e. The molecule has 4 rings (SSSR count). The molecule has 142 valence electrons. The first kappa shape index (κ1) is 17.5. The van der Waals surface area contributed by atoms with Crippen LogP contribution in [0, 0.1) is 0 Å². The first-order chi connectivity index (χ1) is 13.0. The molecule has 0 bridgehead atoms. The Bertz CT molecular complexity index is 827. The summed E-state index contributed by atoms with van der Waals surface area (Å²) in [6, 6.07) is 5.06. The van der Waals surface area contributed by atoms with Crippen LogP contribution in [0.2, 0.25) is 0 Å². The van der Waals surface area contributed by atoms with Gasteiger partial charge >= 0.3 is 6.29 Å². The number of anilines is 1. The van der Waals surface area contributed by atoms with Crippen LogP contribution in [0.5, 0.6) is 5.75 Å². The summed E-state index contributed by atoms with van der Waals surface area (Å²) in [5.41, 5.74) is 2.00. The number of piperazine rings is 1. The van der Waals surface area contributed by atoms with Crippen LogP contribution >= 0.6 is 0 Å². The van der Waals surface area contributed by atoms with Gasteiger partial charge in [-0.05, 0) is 24.3 Å². The average Bonchev–Trinajstić information content (AvgIpc) is 2.96. The third-order valence-electron chi connectivity index (χ3n) is 4.69. The molecule has 0 saturated carbocycles. The van der Waals surface area contributed by atoms with Crippen molar-refractivity contribution in [2.75, 3.05) is 31.1 Å². The molecule has 0 spiro atoms. The van der Waals surface area contributed by atoms with Gasteiger partial charge in [0.25, 0.3) is 5.91 Å². The number of allylic oxidation sites excluding steroid dienone is 2. The molecular formula is C19H19F2N3O3. The number of halogens is 2. The number of carbonyl (C=O) groups excluding carboxylic acids is 1. The Morgan fingerprint density at radius 3 is 2.78 bits per heavy atom. The Kier molecular flexibility index (Phi) is 4.57. The molecule has 1 aromatic rings. The maximum absolute atomic E-state index is 13.3. The highest BCUT2D eigenvalue weighted by atomic mass is 19.3. The number of ether oxygens (including phenoxy) is 2. The topological polar surface area (TPSA) is 54.0 Å². The Balaban J connectivity index is 1.44. The molecule has 0 atom stereocenters. The predicted octanol–water partition coefficient (Wildman–Crippen LogP) is 2.35. The van der Waals surface area contributed by atoms with E-state index >= 15 is 0 Å². The summed E-state index contributed by atoms with van der Waals surface area (Å²) >= 11 is 0. The van der Waals surface area contributed by atoms with Crippen LogP contribution in [-0.4, -0.2) is 43.3 Å². The highest BCUT2D eigenvalue weighted by Crippen LogP contribution is 2.38. The molecule has 0 aromatic heterocycles. The van der Waals surface area contributed by atoms with E-state index in [4.69, 9.17) is 0 Å². The fourth-order valence-corrected chi connectivity index (χ4v) is 3.33. The van der Waals surface area contributed by atoms with E-state index in [0.717, 1.165) is 5.69 Å². The van der Waals surface area contributed by atoms with Gasteiger partial charge in [-0.3, -0.25) is 9.53 Å². The minimum Gasteiger partial charge on any atom is -0.409 e. The van der Waals surface area contributed by atoms with Crippen molar-refractivity contribution in [1.29, 1.82) is 0 Å². The highest BCUT2D eigenvalue weighted by molar-refractivity contribution is 5.96. The molecule has 1 N–H and O–H groups in total. The predicted molar refractivity (Wildman–Crippen MR) is 95.1 cm³/mol. The van der Waals surface area contributed by atoms with Crippen molar-refractivity contribution in [1.82, 2.24) is 10.2 Å². The van der Waals surface area contributed by atoms with Crippen molar-refractivity contribution in [2.24, 2.45) is 0 Å². The summed E-state index contributed by atoms with van der Waals surface area (Å²) in [6.45, 7) is 2.06.